The molecule has 27 heavy (non-hydrogen) atoms. The second kappa shape index (κ2) is 7.23. The summed E-state index contributed by atoms with van der Waals surface area (Å²) in [5.41, 5.74) is 2.30. The smallest absolute Gasteiger partial charge is 0.255 e. The van der Waals surface area contributed by atoms with Crippen molar-refractivity contribution in [3.8, 4) is 0 Å². The van der Waals surface area contributed by atoms with Crippen molar-refractivity contribution in [3.05, 3.63) is 59.7 Å². The van der Waals surface area contributed by atoms with Crippen molar-refractivity contribution in [2.45, 2.75) is 31.7 Å². The van der Waals surface area contributed by atoms with Crippen LogP contribution in [0.3, 0.4) is 0 Å². The molecule has 2 fully saturated rings. The Labute approximate surface area is 157 Å². The molecule has 4 rings (SSSR count). The van der Waals surface area contributed by atoms with E-state index >= 15 is 0 Å². The molecule has 0 bridgehead atoms. The number of anilines is 2. The maximum atomic E-state index is 12.6. The average molecular weight is 363 g/mol. The van der Waals surface area contributed by atoms with E-state index in [0.717, 1.165) is 24.9 Å². The number of carbonyl (C=O) groups excluding carboxylic acids is 3. The zero-order valence-electron chi connectivity index (χ0n) is 14.9. The highest BCUT2D eigenvalue weighted by atomic mass is 16.2. The summed E-state index contributed by atoms with van der Waals surface area (Å²) >= 11 is 0. The molecule has 6 nitrogen and oxygen atoms in total. The minimum atomic E-state index is -0.275. The fraction of sp³-hybridized carbons (Fsp3) is 0.286. The number of benzene rings is 2. The van der Waals surface area contributed by atoms with Gasteiger partial charge in [0, 0.05) is 41.5 Å². The van der Waals surface area contributed by atoms with E-state index in [1.165, 1.54) is 0 Å². The number of amides is 3. The summed E-state index contributed by atoms with van der Waals surface area (Å²) in [5.74, 6) is -0.312. The lowest BCUT2D eigenvalue weighted by molar-refractivity contribution is -0.117. The van der Waals surface area contributed by atoms with E-state index in [0.29, 0.717) is 29.8 Å². The summed E-state index contributed by atoms with van der Waals surface area (Å²) in [6, 6.07) is 14.2. The Balaban J connectivity index is 1.47. The number of nitrogens with zero attached hydrogens (tertiary/aromatic N) is 1. The Morgan fingerprint density at radius 1 is 0.963 bits per heavy atom. The summed E-state index contributed by atoms with van der Waals surface area (Å²) in [4.78, 5) is 38.4. The maximum absolute atomic E-state index is 12.6. The first-order chi connectivity index (χ1) is 13.1. The SMILES string of the molecule is O=C(Nc1cccc(C(=O)NC2CC2)c1)c1cccc(N2CCCC2=O)c1. The fourth-order valence-corrected chi connectivity index (χ4v) is 3.17. The van der Waals surface area contributed by atoms with Gasteiger partial charge in [-0.2, -0.15) is 0 Å². The lowest BCUT2D eigenvalue weighted by Gasteiger charge is -2.16. The third-order valence-corrected chi connectivity index (χ3v) is 4.79. The second-order valence-electron chi connectivity index (χ2n) is 6.98. The van der Waals surface area contributed by atoms with Crippen molar-refractivity contribution in [1.29, 1.82) is 0 Å². The van der Waals surface area contributed by atoms with Crippen LogP contribution in [-0.2, 0) is 4.79 Å². The number of hydrogen-bond donors (Lipinski definition) is 2. The summed E-state index contributed by atoms with van der Waals surface area (Å²) in [6.45, 7) is 0.683. The quantitative estimate of drug-likeness (QED) is 0.857. The predicted molar refractivity (Wildman–Crippen MR) is 103 cm³/mol. The van der Waals surface area contributed by atoms with Crippen LogP contribution in [0.1, 0.15) is 46.4 Å². The number of carbonyl (C=O) groups is 3. The van der Waals surface area contributed by atoms with E-state index in [1.54, 1.807) is 47.4 Å². The molecule has 138 valence electrons. The van der Waals surface area contributed by atoms with Crippen molar-refractivity contribution in [2.75, 3.05) is 16.8 Å². The van der Waals surface area contributed by atoms with Gasteiger partial charge in [-0.15, -0.1) is 0 Å². The standard InChI is InChI=1S/C21H21N3O3/c25-19-8-3-11-24(19)18-7-2-5-15(13-18)21(27)23-17-6-1-4-14(12-17)20(26)22-16-9-10-16/h1-2,4-7,12-13,16H,3,8-11H2,(H,22,26)(H,23,27). The molecule has 0 spiro atoms. The topological polar surface area (TPSA) is 78.5 Å². The molecule has 0 atom stereocenters. The van der Waals surface area contributed by atoms with Gasteiger partial charge in [0.25, 0.3) is 11.8 Å². The average Bonchev–Trinajstić information content (AvgIpc) is 3.39. The largest absolute Gasteiger partial charge is 0.349 e. The summed E-state index contributed by atoms with van der Waals surface area (Å²) < 4.78 is 0. The van der Waals surface area contributed by atoms with Crippen LogP contribution in [-0.4, -0.2) is 30.3 Å². The van der Waals surface area contributed by atoms with E-state index in [9.17, 15) is 14.4 Å². The van der Waals surface area contributed by atoms with E-state index in [-0.39, 0.29) is 23.8 Å². The van der Waals surface area contributed by atoms with Gasteiger partial charge in [-0.3, -0.25) is 14.4 Å². The third kappa shape index (κ3) is 4.00. The van der Waals surface area contributed by atoms with Crippen molar-refractivity contribution in [3.63, 3.8) is 0 Å². The van der Waals surface area contributed by atoms with Crippen LogP contribution in [0.2, 0.25) is 0 Å². The van der Waals surface area contributed by atoms with Crippen molar-refractivity contribution < 1.29 is 14.4 Å². The van der Waals surface area contributed by atoms with Crippen LogP contribution >= 0.6 is 0 Å². The first-order valence-electron chi connectivity index (χ1n) is 9.23. The van der Waals surface area contributed by atoms with E-state index in [2.05, 4.69) is 10.6 Å². The van der Waals surface area contributed by atoms with Gasteiger partial charge < -0.3 is 15.5 Å². The minimum Gasteiger partial charge on any atom is -0.349 e. The molecule has 1 saturated heterocycles. The second-order valence-corrected chi connectivity index (χ2v) is 6.98. The molecule has 3 amide bonds. The van der Waals surface area contributed by atoms with Crippen molar-refractivity contribution >= 4 is 29.1 Å². The highest BCUT2D eigenvalue weighted by Gasteiger charge is 2.24. The first kappa shape index (κ1) is 17.3. The Morgan fingerprint density at radius 3 is 2.41 bits per heavy atom. The molecule has 2 aromatic carbocycles. The van der Waals surface area contributed by atoms with Crippen molar-refractivity contribution in [1.82, 2.24) is 5.32 Å². The van der Waals surface area contributed by atoms with Gasteiger partial charge in [0.2, 0.25) is 5.91 Å². The first-order valence-corrected chi connectivity index (χ1v) is 9.23. The Hall–Kier alpha value is -3.15. The molecular weight excluding hydrogens is 342 g/mol. The van der Waals surface area contributed by atoms with Crippen LogP contribution in [0, 0.1) is 0 Å². The fourth-order valence-electron chi connectivity index (χ4n) is 3.17. The molecule has 1 saturated carbocycles. The van der Waals surface area contributed by atoms with Gasteiger partial charge in [0.1, 0.15) is 0 Å². The van der Waals surface area contributed by atoms with Crippen molar-refractivity contribution in [2.24, 2.45) is 0 Å². The van der Waals surface area contributed by atoms with Gasteiger partial charge in [-0.25, -0.2) is 0 Å². The Kier molecular flexibility index (Phi) is 4.62. The lowest BCUT2D eigenvalue weighted by atomic mass is 10.1. The zero-order chi connectivity index (χ0) is 18.8. The molecule has 1 aliphatic carbocycles. The minimum absolute atomic E-state index is 0.0851. The monoisotopic (exact) mass is 363 g/mol. The van der Waals surface area contributed by atoms with E-state index < -0.39 is 0 Å². The van der Waals surface area contributed by atoms with Crippen LogP contribution in [0.15, 0.2) is 48.5 Å². The lowest BCUT2D eigenvalue weighted by Crippen LogP contribution is -2.25. The molecule has 0 aromatic heterocycles. The third-order valence-electron chi connectivity index (χ3n) is 4.79. The van der Waals surface area contributed by atoms with Gasteiger partial charge in [-0.1, -0.05) is 12.1 Å². The summed E-state index contributed by atoms with van der Waals surface area (Å²) in [5, 5.41) is 5.77. The molecule has 2 aromatic rings. The van der Waals surface area contributed by atoms with Crippen LogP contribution in [0.4, 0.5) is 11.4 Å². The molecule has 2 aliphatic rings. The molecule has 1 heterocycles. The summed E-state index contributed by atoms with van der Waals surface area (Å²) in [7, 11) is 0. The normalized spacial score (nSPS) is 16.3. The molecular formula is C21H21N3O3. The summed E-state index contributed by atoms with van der Waals surface area (Å²) in [6.07, 6.45) is 3.44. The molecule has 2 N–H and O–H groups in total. The van der Waals surface area contributed by atoms with E-state index in [1.807, 2.05) is 6.07 Å². The number of hydrogen-bond acceptors (Lipinski definition) is 3. The predicted octanol–water partition coefficient (Wildman–Crippen LogP) is 2.96. The van der Waals surface area contributed by atoms with E-state index in [4.69, 9.17) is 0 Å². The zero-order valence-corrected chi connectivity index (χ0v) is 14.9. The number of rotatable bonds is 5. The van der Waals surface area contributed by atoms with Gasteiger partial charge in [0.05, 0.1) is 0 Å². The number of nitrogens with one attached hydrogen (secondary N) is 2. The molecule has 0 radical (unpaired) electrons. The molecule has 6 heteroatoms. The van der Waals surface area contributed by atoms with Crippen LogP contribution in [0.5, 0.6) is 0 Å². The Morgan fingerprint density at radius 2 is 1.70 bits per heavy atom. The van der Waals surface area contributed by atoms with Gasteiger partial charge in [0.15, 0.2) is 0 Å². The highest BCUT2D eigenvalue weighted by molar-refractivity contribution is 6.06. The van der Waals surface area contributed by atoms with Crippen LogP contribution < -0.4 is 15.5 Å². The van der Waals surface area contributed by atoms with Crippen LogP contribution in [0.25, 0.3) is 0 Å². The van der Waals surface area contributed by atoms with Gasteiger partial charge in [-0.05, 0) is 55.7 Å². The molecule has 1 aliphatic heterocycles. The highest BCUT2D eigenvalue weighted by Crippen LogP contribution is 2.23. The van der Waals surface area contributed by atoms with Gasteiger partial charge >= 0.3 is 0 Å². The maximum Gasteiger partial charge on any atom is 0.255 e. The Bertz CT molecular complexity index is 905. The molecule has 0 unspecified atom stereocenters.